The van der Waals surface area contributed by atoms with Crippen molar-refractivity contribution in [3.63, 3.8) is 0 Å². The molecule has 2 nitrogen and oxygen atoms in total. The molecule has 1 aromatic rings. The Balaban J connectivity index is 1.15. The second-order valence-electron chi connectivity index (χ2n) is 10.1. The first-order chi connectivity index (χ1) is 13.7. The van der Waals surface area contributed by atoms with Crippen LogP contribution in [0.15, 0.2) is 24.3 Å². The standard InChI is InChI=1S/C26H40O2/c1-19-3-7-21(8-4-19)9-10-22-11-15-25(27-17-22)26-16-14-24(18-28-26)23-12-5-20(2)6-13-23/h3-4,7-8,20,22-26H,5-6,9-18H2,1-2H3. The van der Waals surface area contributed by atoms with Crippen molar-refractivity contribution in [2.75, 3.05) is 13.2 Å². The molecule has 4 rings (SSSR count). The van der Waals surface area contributed by atoms with Crippen molar-refractivity contribution in [2.45, 2.75) is 90.3 Å². The van der Waals surface area contributed by atoms with Crippen LogP contribution in [0.5, 0.6) is 0 Å². The summed E-state index contributed by atoms with van der Waals surface area (Å²) in [5.74, 6) is 3.41. The van der Waals surface area contributed by atoms with Crippen LogP contribution in [0, 0.1) is 30.6 Å². The van der Waals surface area contributed by atoms with Crippen LogP contribution in [0.4, 0.5) is 0 Å². The van der Waals surface area contributed by atoms with Gasteiger partial charge >= 0.3 is 0 Å². The van der Waals surface area contributed by atoms with Gasteiger partial charge in [0.1, 0.15) is 0 Å². The third-order valence-electron chi connectivity index (χ3n) is 7.86. The van der Waals surface area contributed by atoms with Crippen molar-refractivity contribution in [1.29, 1.82) is 0 Å². The van der Waals surface area contributed by atoms with E-state index in [-0.39, 0.29) is 0 Å². The van der Waals surface area contributed by atoms with E-state index >= 15 is 0 Å². The molecule has 0 aromatic heterocycles. The highest BCUT2D eigenvalue weighted by Crippen LogP contribution is 2.39. The van der Waals surface area contributed by atoms with Crippen LogP contribution in [0.2, 0.25) is 0 Å². The minimum atomic E-state index is 0.350. The molecular weight excluding hydrogens is 344 g/mol. The topological polar surface area (TPSA) is 18.5 Å². The number of rotatable bonds is 5. The molecule has 2 saturated heterocycles. The summed E-state index contributed by atoms with van der Waals surface area (Å²) in [5, 5.41) is 0. The van der Waals surface area contributed by atoms with E-state index in [9.17, 15) is 0 Å². The summed E-state index contributed by atoms with van der Waals surface area (Å²) < 4.78 is 12.7. The lowest BCUT2D eigenvalue weighted by Gasteiger charge is -2.41. The predicted molar refractivity (Wildman–Crippen MR) is 116 cm³/mol. The molecule has 156 valence electrons. The third kappa shape index (κ3) is 5.39. The molecular formula is C26H40O2. The molecule has 3 aliphatic rings. The average molecular weight is 385 g/mol. The minimum Gasteiger partial charge on any atom is -0.375 e. The summed E-state index contributed by atoms with van der Waals surface area (Å²) in [7, 11) is 0. The van der Waals surface area contributed by atoms with Gasteiger partial charge in [-0.15, -0.1) is 0 Å². The first kappa shape index (κ1) is 20.4. The second-order valence-corrected chi connectivity index (χ2v) is 10.1. The zero-order valence-electron chi connectivity index (χ0n) is 18.1. The monoisotopic (exact) mass is 384 g/mol. The largest absolute Gasteiger partial charge is 0.375 e. The van der Waals surface area contributed by atoms with Gasteiger partial charge in [-0.1, -0.05) is 49.6 Å². The van der Waals surface area contributed by atoms with Crippen molar-refractivity contribution >= 4 is 0 Å². The lowest BCUT2D eigenvalue weighted by molar-refractivity contribution is -0.137. The number of aryl methyl sites for hydroxylation is 2. The Morgan fingerprint density at radius 1 is 0.750 bits per heavy atom. The first-order valence-electron chi connectivity index (χ1n) is 12.0. The van der Waals surface area contributed by atoms with Crippen molar-refractivity contribution in [3.05, 3.63) is 35.4 Å². The van der Waals surface area contributed by atoms with Crippen molar-refractivity contribution in [1.82, 2.24) is 0 Å². The molecule has 1 aromatic carbocycles. The predicted octanol–water partition coefficient (Wildman–Crippen LogP) is 6.34. The fourth-order valence-corrected chi connectivity index (χ4v) is 5.69. The highest BCUT2D eigenvalue weighted by Gasteiger charge is 2.35. The number of ether oxygens (including phenoxy) is 2. The number of benzene rings is 1. The smallest absolute Gasteiger partial charge is 0.0836 e. The molecule has 0 N–H and O–H groups in total. The number of hydrogen-bond donors (Lipinski definition) is 0. The normalized spacial score (nSPS) is 36.9. The molecule has 1 saturated carbocycles. The molecule has 4 unspecified atom stereocenters. The van der Waals surface area contributed by atoms with E-state index in [2.05, 4.69) is 38.1 Å². The Morgan fingerprint density at radius 3 is 2.00 bits per heavy atom. The van der Waals surface area contributed by atoms with Crippen LogP contribution in [-0.2, 0) is 15.9 Å². The fraction of sp³-hybridized carbons (Fsp3) is 0.769. The summed E-state index contributed by atoms with van der Waals surface area (Å²) >= 11 is 0. The molecule has 3 fully saturated rings. The highest BCUT2D eigenvalue weighted by molar-refractivity contribution is 5.21. The molecule has 4 atom stereocenters. The van der Waals surface area contributed by atoms with E-state index in [1.807, 2.05) is 0 Å². The molecule has 28 heavy (non-hydrogen) atoms. The van der Waals surface area contributed by atoms with Gasteiger partial charge < -0.3 is 9.47 Å². The summed E-state index contributed by atoms with van der Waals surface area (Å²) in [6, 6.07) is 9.01. The third-order valence-corrected chi connectivity index (χ3v) is 7.86. The van der Waals surface area contributed by atoms with Crippen LogP contribution in [0.25, 0.3) is 0 Å². The molecule has 2 aliphatic heterocycles. The zero-order valence-corrected chi connectivity index (χ0v) is 18.1. The molecule has 0 spiro atoms. The molecule has 1 aliphatic carbocycles. The summed E-state index contributed by atoms with van der Waals surface area (Å²) in [6.07, 6.45) is 13.9. The van der Waals surface area contributed by atoms with Gasteiger partial charge in [0.2, 0.25) is 0 Å². The highest BCUT2D eigenvalue weighted by atomic mass is 16.5. The van der Waals surface area contributed by atoms with Crippen molar-refractivity contribution in [3.8, 4) is 0 Å². The SMILES string of the molecule is Cc1ccc(CCC2CCC(C3CCC(C4CCC(C)CC4)CO3)OC2)cc1. The first-order valence-corrected chi connectivity index (χ1v) is 12.0. The summed E-state index contributed by atoms with van der Waals surface area (Å²) in [6.45, 7) is 6.49. The van der Waals surface area contributed by atoms with Crippen molar-refractivity contribution < 1.29 is 9.47 Å². The van der Waals surface area contributed by atoms with Crippen LogP contribution < -0.4 is 0 Å². The maximum atomic E-state index is 6.36. The van der Waals surface area contributed by atoms with Crippen LogP contribution >= 0.6 is 0 Å². The van der Waals surface area contributed by atoms with E-state index in [0.717, 1.165) is 36.9 Å². The van der Waals surface area contributed by atoms with Crippen LogP contribution in [-0.4, -0.2) is 25.4 Å². The van der Waals surface area contributed by atoms with Gasteiger partial charge in [0.15, 0.2) is 0 Å². The zero-order chi connectivity index (χ0) is 19.3. The Hall–Kier alpha value is -0.860. The summed E-state index contributed by atoms with van der Waals surface area (Å²) in [5.41, 5.74) is 2.81. The maximum Gasteiger partial charge on any atom is 0.0836 e. The summed E-state index contributed by atoms with van der Waals surface area (Å²) in [4.78, 5) is 0. The van der Waals surface area contributed by atoms with Gasteiger partial charge in [-0.2, -0.15) is 0 Å². The molecule has 2 heteroatoms. The number of hydrogen-bond acceptors (Lipinski definition) is 2. The Labute approximate surface area is 172 Å². The van der Waals surface area contributed by atoms with Crippen molar-refractivity contribution in [2.24, 2.45) is 23.7 Å². The van der Waals surface area contributed by atoms with Gasteiger partial charge in [-0.3, -0.25) is 0 Å². The maximum absolute atomic E-state index is 6.36. The molecule has 2 heterocycles. The average Bonchev–Trinajstić information content (AvgIpc) is 2.74. The van der Waals surface area contributed by atoms with E-state index in [4.69, 9.17) is 9.47 Å². The lowest BCUT2D eigenvalue weighted by Crippen LogP contribution is -2.42. The quantitative estimate of drug-likeness (QED) is 0.589. The minimum absolute atomic E-state index is 0.350. The Bertz CT molecular complexity index is 571. The Morgan fingerprint density at radius 2 is 1.39 bits per heavy atom. The molecule has 0 radical (unpaired) electrons. The molecule has 0 bridgehead atoms. The van der Waals surface area contributed by atoms with Gasteiger partial charge in [0.05, 0.1) is 18.8 Å². The van der Waals surface area contributed by atoms with E-state index < -0.39 is 0 Å². The lowest BCUT2D eigenvalue weighted by atomic mass is 9.74. The van der Waals surface area contributed by atoms with E-state index in [1.165, 1.54) is 75.3 Å². The Kier molecular flexibility index (Phi) is 7.12. The van der Waals surface area contributed by atoms with E-state index in [0.29, 0.717) is 12.2 Å². The fourth-order valence-electron chi connectivity index (χ4n) is 5.69. The van der Waals surface area contributed by atoms with Crippen LogP contribution in [0.1, 0.15) is 75.8 Å². The van der Waals surface area contributed by atoms with E-state index in [1.54, 1.807) is 0 Å². The van der Waals surface area contributed by atoms with Crippen LogP contribution in [0.3, 0.4) is 0 Å². The van der Waals surface area contributed by atoms with Gasteiger partial charge in [-0.25, -0.2) is 0 Å². The second kappa shape index (κ2) is 9.76. The van der Waals surface area contributed by atoms with Gasteiger partial charge in [0, 0.05) is 6.61 Å². The van der Waals surface area contributed by atoms with Gasteiger partial charge in [-0.05, 0) is 87.5 Å². The molecule has 0 amide bonds. The van der Waals surface area contributed by atoms with Gasteiger partial charge in [0.25, 0.3) is 0 Å².